The van der Waals surface area contributed by atoms with Gasteiger partial charge >= 0.3 is 0 Å². The van der Waals surface area contributed by atoms with Crippen LogP contribution in [-0.2, 0) is 0 Å². The quantitative estimate of drug-likeness (QED) is 0.757. The van der Waals surface area contributed by atoms with Crippen molar-refractivity contribution >= 4 is 5.91 Å². The van der Waals surface area contributed by atoms with Crippen molar-refractivity contribution in [2.24, 2.45) is 0 Å². The highest BCUT2D eigenvalue weighted by Gasteiger charge is 2.39. The molecule has 0 bridgehead atoms. The zero-order valence-corrected chi connectivity index (χ0v) is 8.18. The van der Waals surface area contributed by atoms with Crippen molar-refractivity contribution in [3.63, 3.8) is 0 Å². The summed E-state index contributed by atoms with van der Waals surface area (Å²) >= 11 is 0. The minimum atomic E-state index is -1.25. The fourth-order valence-corrected chi connectivity index (χ4v) is 1.25. The van der Waals surface area contributed by atoms with Crippen LogP contribution < -0.4 is 5.32 Å². The number of carbonyl (C=O) groups is 1. The van der Waals surface area contributed by atoms with E-state index in [0.29, 0.717) is 0 Å². The summed E-state index contributed by atoms with van der Waals surface area (Å²) in [5.74, 6) is -3.03. The number of hydrogen-bond acceptors (Lipinski definition) is 2. The highest BCUT2D eigenvalue weighted by Crippen LogP contribution is 2.34. The van der Waals surface area contributed by atoms with E-state index in [4.69, 9.17) is 0 Å². The van der Waals surface area contributed by atoms with Crippen molar-refractivity contribution in [3.8, 4) is 0 Å². The summed E-state index contributed by atoms with van der Waals surface area (Å²) in [6.45, 7) is 1.86. The molecule has 0 unspecified atom stereocenters. The summed E-state index contributed by atoms with van der Waals surface area (Å²) in [7, 11) is 0. The van der Waals surface area contributed by atoms with Gasteiger partial charge in [-0.15, -0.1) is 0 Å². The van der Waals surface area contributed by atoms with Crippen LogP contribution in [0.15, 0.2) is 12.3 Å². The number of aromatic nitrogens is 1. The average molecular weight is 212 g/mol. The van der Waals surface area contributed by atoms with E-state index in [0.717, 1.165) is 19.0 Å². The van der Waals surface area contributed by atoms with Gasteiger partial charge in [-0.05, 0) is 25.8 Å². The molecular formula is C10H10F2N2O. The SMILES string of the molecule is CC1(NC(=O)c2ccnc(F)c2F)CC1. The summed E-state index contributed by atoms with van der Waals surface area (Å²) in [5.41, 5.74) is -0.542. The average Bonchev–Trinajstić information content (AvgIpc) is 2.88. The molecule has 1 aliphatic rings. The lowest BCUT2D eigenvalue weighted by atomic mass is 10.2. The van der Waals surface area contributed by atoms with Gasteiger partial charge in [0.25, 0.3) is 5.91 Å². The fourth-order valence-electron chi connectivity index (χ4n) is 1.25. The van der Waals surface area contributed by atoms with E-state index < -0.39 is 17.7 Å². The van der Waals surface area contributed by atoms with Crippen LogP contribution in [0, 0.1) is 11.8 Å². The molecule has 1 fully saturated rings. The van der Waals surface area contributed by atoms with Gasteiger partial charge in [-0.3, -0.25) is 4.79 Å². The minimum absolute atomic E-state index is 0.247. The van der Waals surface area contributed by atoms with E-state index in [9.17, 15) is 13.6 Å². The molecule has 2 rings (SSSR count). The molecule has 1 N–H and O–H groups in total. The molecule has 1 saturated carbocycles. The molecule has 5 heteroatoms. The Labute approximate surface area is 85.5 Å². The van der Waals surface area contributed by atoms with Gasteiger partial charge < -0.3 is 5.32 Å². The number of halogens is 2. The predicted octanol–water partition coefficient (Wildman–Crippen LogP) is 1.64. The molecule has 0 spiro atoms. The fraction of sp³-hybridized carbons (Fsp3) is 0.400. The Balaban J connectivity index is 2.21. The summed E-state index contributed by atoms with van der Waals surface area (Å²) < 4.78 is 25.9. The van der Waals surface area contributed by atoms with Crippen molar-refractivity contribution in [3.05, 3.63) is 29.6 Å². The van der Waals surface area contributed by atoms with Crippen LogP contribution in [0.5, 0.6) is 0 Å². The number of carbonyl (C=O) groups excluding carboxylic acids is 1. The van der Waals surface area contributed by atoms with Gasteiger partial charge in [0.05, 0.1) is 5.56 Å². The maximum atomic E-state index is 13.1. The number of pyridine rings is 1. The first-order valence-corrected chi connectivity index (χ1v) is 4.64. The molecule has 0 saturated heterocycles. The Morgan fingerprint density at radius 1 is 1.53 bits per heavy atom. The monoisotopic (exact) mass is 212 g/mol. The third kappa shape index (κ3) is 1.95. The van der Waals surface area contributed by atoms with Gasteiger partial charge in [-0.2, -0.15) is 4.39 Å². The van der Waals surface area contributed by atoms with Crippen LogP contribution in [0.1, 0.15) is 30.1 Å². The van der Waals surface area contributed by atoms with Gasteiger partial charge in [-0.25, -0.2) is 9.37 Å². The maximum Gasteiger partial charge on any atom is 0.254 e. The van der Waals surface area contributed by atoms with Crippen molar-refractivity contribution < 1.29 is 13.6 Å². The van der Waals surface area contributed by atoms with Crippen LogP contribution in [0.4, 0.5) is 8.78 Å². The van der Waals surface area contributed by atoms with E-state index in [1.165, 1.54) is 6.07 Å². The second kappa shape index (κ2) is 3.25. The zero-order chi connectivity index (χ0) is 11.1. The molecule has 80 valence electrons. The molecule has 15 heavy (non-hydrogen) atoms. The van der Waals surface area contributed by atoms with E-state index in [1.54, 1.807) is 0 Å². The first-order valence-electron chi connectivity index (χ1n) is 4.64. The van der Waals surface area contributed by atoms with E-state index >= 15 is 0 Å². The molecule has 1 heterocycles. The van der Waals surface area contributed by atoms with E-state index in [2.05, 4.69) is 10.3 Å². The summed E-state index contributed by atoms with van der Waals surface area (Å²) in [4.78, 5) is 14.6. The Bertz CT molecular complexity index is 416. The number of hydrogen-bond donors (Lipinski definition) is 1. The second-order valence-corrected chi connectivity index (χ2v) is 3.98. The van der Waals surface area contributed by atoms with Crippen molar-refractivity contribution in [1.82, 2.24) is 10.3 Å². The number of amides is 1. The maximum absolute atomic E-state index is 13.1. The lowest BCUT2D eigenvalue weighted by Gasteiger charge is -2.11. The van der Waals surface area contributed by atoms with E-state index in [-0.39, 0.29) is 11.1 Å². The number of rotatable bonds is 2. The third-order valence-corrected chi connectivity index (χ3v) is 2.51. The highest BCUT2D eigenvalue weighted by molar-refractivity contribution is 5.95. The molecule has 1 aromatic rings. The molecule has 0 atom stereocenters. The molecule has 0 radical (unpaired) electrons. The summed E-state index contributed by atoms with van der Waals surface area (Å²) in [6, 6.07) is 1.17. The molecule has 3 nitrogen and oxygen atoms in total. The van der Waals surface area contributed by atoms with Crippen LogP contribution in [0.2, 0.25) is 0 Å². The summed E-state index contributed by atoms with van der Waals surface area (Å²) in [5, 5.41) is 2.64. The van der Waals surface area contributed by atoms with Crippen LogP contribution in [-0.4, -0.2) is 16.4 Å². The largest absolute Gasteiger partial charge is 0.347 e. The van der Waals surface area contributed by atoms with Crippen molar-refractivity contribution in [1.29, 1.82) is 0 Å². The molecule has 1 aliphatic carbocycles. The number of nitrogens with zero attached hydrogens (tertiary/aromatic N) is 1. The highest BCUT2D eigenvalue weighted by atomic mass is 19.2. The minimum Gasteiger partial charge on any atom is -0.347 e. The van der Waals surface area contributed by atoms with Crippen LogP contribution >= 0.6 is 0 Å². The van der Waals surface area contributed by atoms with Gasteiger partial charge in [0.2, 0.25) is 5.95 Å². The normalized spacial score (nSPS) is 17.3. The Hall–Kier alpha value is -1.52. The first kappa shape index (κ1) is 10.0. The lowest BCUT2D eigenvalue weighted by Crippen LogP contribution is -2.34. The molecular weight excluding hydrogens is 202 g/mol. The zero-order valence-electron chi connectivity index (χ0n) is 8.18. The molecule has 0 aromatic carbocycles. The lowest BCUT2D eigenvalue weighted by molar-refractivity contribution is 0.0930. The number of nitrogens with one attached hydrogen (secondary N) is 1. The second-order valence-electron chi connectivity index (χ2n) is 3.98. The van der Waals surface area contributed by atoms with Gasteiger partial charge in [0.1, 0.15) is 0 Å². The van der Waals surface area contributed by atoms with Crippen molar-refractivity contribution in [2.45, 2.75) is 25.3 Å². The van der Waals surface area contributed by atoms with Gasteiger partial charge in [0.15, 0.2) is 5.82 Å². The Morgan fingerprint density at radius 2 is 2.20 bits per heavy atom. The Kier molecular flexibility index (Phi) is 2.17. The Morgan fingerprint density at radius 3 is 2.80 bits per heavy atom. The van der Waals surface area contributed by atoms with Crippen LogP contribution in [0.3, 0.4) is 0 Å². The standard InChI is InChI=1S/C10H10F2N2O/c1-10(3-4-10)14-9(15)6-2-5-13-8(12)7(6)11/h2,5H,3-4H2,1H3,(H,14,15). The first-order chi connectivity index (χ1) is 7.02. The molecule has 1 aromatic heterocycles. The smallest absolute Gasteiger partial charge is 0.254 e. The molecule has 1 amide bonds. The third-order valence-electron chi connectivity index (χ3n) is 2.51. The van der Waals surface area contributed by atoms with E-state index in [1.807, 2.05) is 6.92 Å². The van der Waals surface area contributed by atoms with Gasteiger partial charge in [0, 0.05) is 11.7 Å². The van der Waals surface area contributed by atoms with Crippen molar-refractivity contribution in [2.75, 3.05) is 0 Å². The van der Waals surface area contributed by atoms with Crippen LogP contribution in [0.25, 0.3) is 0 Å². The topological polar surface area (TPSA) is 42.0 Å². The summed E-state index contributed by atoms with van der Waals surface area (Å²) in [6.07, 6.45) is 2.81. The molecule has 0 aliphatic heterocycles. The predicted molar refractivity (Wildman–Crippen MR) is 49.3 cm³/mol. The van der Waals surface area contributed by atoms with Gasteiger partial charge in [-0.1, -0.05) is 0 Å².